The van der Waals surface area contributed by atoms with E-state index < -0.39 is 5.78 Å². The molecule has 104 valence electrons. The maximum Gasteiger partial charge on any atom is 0.223 e. The van der Waals surface area contributed by atoms with Gasteiger partial charge in [0.1, 0.15) is 6.07 Å². The molecular weight excluding hydrogens is 309 g/mol. The van der Waals surface area contributed by atoms with Gasteiger partial charge in [-0.1, -0.05) is 53.5 Å². The first-order valence-electron chi connectivity index (χ1n) is 5.90. The lowest BCUT2D eigenvalue weighted by atomic mass is 10.1. The van der Waals surface area contributed by atoms with Crippen LogP contribution in [0, 0.1) is 11.3 Å². The Labute approximate surface area is 131 Å². The van der Waals surface area contributed by atoms with Crippen molar-refractivity contribution < 1.29 is 4.79 Å². The number of ketones is 1. The Morgan fingerprint density at radius 3 is 2.48 bits per heavy atom. The monoisotopic (exact) mass is 317 g/mol. The van der Waals surface area contributed by atoms with Crippen molar-refractivity contribution in [3.63, 3.8) is 0 Å². The van der Waals surface area contributed by atoms with Crippen molar-refractivity contribution in [1.29, 1.82) is 5.26 Å². The molecule has 0 spiro atoms. The van der Waals surface area contributed by atoms with Crippen LogP contribution in [-0.2, 0) is 0 Å². The molecule has 4 nitrogen and oxygen atoms in total. The summed E-state index contributed by atoms with van der Waals surface area (Å²) < 4.78 is 0. The van der Waals surface area contributed by atoms with Crippen LogP contribution in [0.15, 0.2) is 53.6 Å². The molecule has 6 heteroatoms. The summed E-state index contributed by atoms with van der Waals surface area (Å²) in [5.41, 5.74) is 3.18. The number of nitriles is 1. The van der Waals surface area contributed by atoms with Gasteiger partial charge in [-0.15, -0.1) is 0 Å². The van der Waals surface area contributed by atoms with Crippen LogP contribution in [0.5, 0.6) is 0 Å². The molecule has 0 fully saturated rings. The second kappa shape index (κ2) is 6.89. The van der Waals surface area contributed by atoms with Crippen molar-refractivity contribution in [2.24, 2.45) is 5.10 Å². The van der Waals surface area contributed by atoms with Crippen LogP contribution in [0.2, 0.25) is 10.0 Å². The van der Waals surface area contributed by atoms with Gasteiger partial charge < -0.3 is 0 Å². The normalized spacial score (nSPS) is 10.8. The zero-order valence-corrected chi connectivity index (χ0v) is 12.2. The molecule has 0 unspecified atom stereocenters. The predicted octanol–water partition coefficient (Wildman–Crippen LogP) is 4.17. The number of nitrogens with zero attached hydrogens (tertiary/aromatic N) is 2. The number of carbonyl (C=O) groups excluding carboxylic acids is 1. The second-order valence-corrected chi connectivity index (χ2v) is 4.85. The summed E-state index contributed by atoms with van der Waals surface area (Å²) in [4.78, 5) is 12.1. The van der Waals surface area contributed by atoms with E-state index in [1.54, 1.807) is 48.5 Å². The Morgan fingerprint density at radius 2 is 1.86 bits per heavy atom. The van der Waals surface area contributed by atoms with Gasteiger partial charge in [0, 0.05) is 10.6 Å². The maximum absolute atomic E-state index is 12.1. The van der Waals surface area contributed by atoms with Crippen LogP contribution < -0.4 is 5.43 Å². The van der Waals surface area contributed by atoms with Crippen LogP contribution >= 0.6 is 23.2 Å². The first-order chi connectivity index (χ1) is 10.1. The van der Waals surface area contributed by atoms with Crippen LogP contribution in [0.4, 0.5) is 5.69 Å². The Balaban J connectivity index is 2.22. The van der Waals surface area contributed by atoms with E-state index in [9.17, 15) is 4.79 Å². The summed E-state index contributed by atoms with van der Waals surface area (Å²) in [5, 5.41) is 13.7. The number of hydrazone groups is 1. The summed E-state index contributed by atoms with van der Waals surface area (Å²) in [6.45, 7) is 0. The first kappa shape index (κ1) is 15.0. The predicted molar refractivity (Wildman–Crippen MR) is 83.9 cm³/mol. The number of carbonyl (C=O) groups is 1. The number of hydrogen-bond acceptors (Lipinski definition) is 4. The van der Waals surface area contributed by atoms with E-state index in [4.69, 9.17) is 28.5 Å². The third-order valence-corrected chi connectivity index (χ3v) is 3.12. The first-order valence-corrected chi connectivity index (χ1v) is 6.66. The number of halogens is 2. The van der Waals surface area contributed by atoms with E-state index >= 15 is 0 Å². The molecular formula is C15H9Cl2N3O. The summed E-state index contributed by atoms with van der Waals surface area (Å²) in [6.07, 6.45) is 0. The molecule has 2 aromatic rings. The van der Waals surface area contributed by atoms with Gasteiger partial charge in [0.2, 0.25) is 11.5 Å². The fourth-order valence-corrected chi connectivity index (χ4v) is 2.00. The minimum atomic E-state index is -0.462. The maximum atomic E-state index is 12.1. The smallest absolute Gasteiger partial charge is 0.223 e. The largest absolute Gasteiger partial charge is 0.286 e. The van der Waals surface area contributed by atoms with Crippen LogP contribution in [0.1, 0.15) is 10.4 Å². The third-order valence-electron chi connectivity index (χ3n) is 2.58. The number of hydrogen-bond donors (Lipinski definition) is 1. The average Bonchev–Trinajstić information content (AvgIpc) is 2.50. The number of Topliss-reactive ketones (excluding diaryl/α,β-unsaturated/α-hetero) is 1. The van der Waals surface area contributed by atoms with Crippen LogP contribution in [0.25, 0.3) is 0 Å². The van der Waals surface area contributed by atoms with Gasteiger partial charge >= 0.3 is 0 Å². The molecule has 0 aromatic heterocycles. The standard InChI is InChI=1S/C15H9Cl2N3O/c16-11-6-7-13(12(17)8-11)19-20-14(9-18)15(21)10-4-2-1-3-5-10/h1-8,19H. The highest BCUT2D eigenvalue weighted by molar-refractivity contribution is 6.51. The number of rotatable bonds is 4. The van der Waals surface area contributed by atoms with Gasteiger partial charge in [-0.2, -0.15) is 10.4 Å². The summed E-state index contributed by atoms with van der Waals surface area (Å²) in [7, 11) is 0. The lowest BCUT2D eigenvalue weighted by Crippen LogP contribution is -2.14. The summed E-state index contributed by atoms with van der Waals surface area (Å²) in [6, 6.07) is 15.0. The van der Waals surface area contributed by atoms with Gasteiger partial charge in [-0.05, 0) is 18.2 Å². The van der Waals surface area contributed by atoms with E-state index in [-0.39, 0.29) is 5.71 Å². The highest BCUT2D eigenvalue weighted by Crippen LogP contribution is 2.25. The van der Waals surface area contributed by atoms with Gasteiger partial charge in [0.15, 0.2) is 0 Å². The highest BCUT2D eigenvalue weighted by Gasteiger charge is 2.13. The number of anilines is 1. The topological polar surface area (TPSA) is 65.2 Å². The van der Waals surface area contributed by atoms with Gasteiger partial charge in [0.25, 0.3) is 0 Å². The van der Waals surface area contributed by atoms with E-state index in [2.05, 4.69) is 10.5 Å². The molecule has 1 N–H and O–H groups in total. The Morgan fingerprint density at radius 1 is 1.14 bits per heavy atom. The van der Waals surface area contributed by atoms with E-state index in [0.717, 1.165) is 0 Å². The Bertz CT molecular complexity index is 736. The molecule has 2 aromatic carbocycles. The van der Waals surface area contributed by atoms with Crippen molar-refractivity contribution >= 4 is 40.4 Å². The molecule has 0 radical (unpaired) electrons. The molecule has 0 aliphatic heterocycles. The second-order valence-electron chi connectivity index (χ2n) is 4.00. The third kappa shape index (κ3) is 3.82. The fourth-order valence-electron chi connectivity index (χ4n) is 1.55. The Hall–Kier alpha value is -2.35. The zero-order chi connectivity index (χ0) is 15.2. The van der Waals surface area contributed by atoms with E-state index in [1.165, 1.54) is 6.07 Å². The minimum absolute atomic E-state index is 0.257. The molecule has 0 amide bonds. The summed E-state index contributed by atoms with van der Waals surface area (Å²) >= 11 is 11.8. The molecule has 2 rings (SSSR count). The van der Waals surface area contributed by atoms with Crippen molar-refractivity contribution in [2.75, 3.05) is 5.43 Å². The van der Waals surface area contributed by atoms with E-state index in [1.807, 2.05) is 0 Å². The van der Waals surface area contributed by atoms with Gasteiger partial charge in [-0.25, -0.2) is 0 Å². The fraction of sp³-hybridized carbons (Fsp3) is 0. The van der Waals surface area contributed by atoms with Crippen molar-refractivity contribution in [3.8, 4) is 6.07 Å². The van der Waals surface area contributed by atoms with Gasteiger partial charge in [-0.3, -0.25) is 10.2 Å². The summed E-state index contributed by atoms with van der Waals surface area (Å²) in [5.74, 6) is -0.462. The SMILES string of the molecule is N#CC(=NNc1ccc(Cl)cc1Cl)C(=O)c1ccccc1. The number of benzene rings is 2. The highest BCUT2D eigenvalue weighted by atomic mass is 35.5. The van der Waals surface area contributed by atoms with E-state index in [0.29, 0.717) is 21.3 Å². The number of nitrogens with one attached hydrogen (secondary N) is 1. The molecule has 0 heterocycles. The lowest BCUT2D eigenvalue weighted by Gasteiger charge is -2.04. The van der Waals surface area contributed by atoms with Crippen molar-refractivity contribution in [1.82, 2.24) is 0 Å². The molecule has 0 aliphatic rings. The van der Waals surface area contributed by atoms with Crippen molar-refractivity contribution in [2.45, 2.75) is 0 Å². The van der Waals surface area contributed by atoms with Crippen LogP contribution in [-0.4, -0.2) is 11.5 Å². The average molecular weight is 318 g/mol. The molecule has 0 atom stereocenters. The molecule has 0 saturated carbocycles. The molecule has 21 heavy (non-hydrogen) atoms. The quantitative estimate of drug-likeness (QED) is 0.523. The lowest BCUT2D eigenvalue weighted by molar-refractivity contribution is 0.106. The minimum Gasteiger partial charge on any atom is -0.286 e. The van der Waals surface area contributed by atoms with Crippen molar-refractivity contribution in [3.05, 3.63) is 64.1 Å². The van der Waals surface area contributed by atoms with Crippen LogP contribution in [0.3, 0.4) is 0 Å². The molecule has 0 saturated heterocycles. The zero-order valence-electron chi connectivity index (χ0n) is 10.7. The molecule has 0 bridgehead atoms. The Kier molecular flexibility index (Phi) is 4.94. The molecule has 0 aliphatic carbocycles. The van der Waals surface area contributed by atoms with Gasteiger partial charge in [0.05, 0.1) is 10.7 Å².